The highest BCUT2D eigenvalue weighted by Gasteiger charge is 2.39. The quantitative estimate of drug-likeness (QED) is 0.618. The molecule has 0 amide bonds. The Kier molecular flexibility index (Phi) is 6.22. The van der Waals surface area contributed by atoms with E-state index in [0.717, 1.165) is 37.4 Å². The third-order valence-corrected chi connectivity index (χ3v) is 6.08. The minimum atomic E-state index is 0.412. The standard InChI is InChI=1S/C23H28N2O3/c26-17-28-22-6-9-24-16-23(22)27-13-12-25-10-7-18(8-11-25)14-20-15-21(20)19-4-2-1-3-5-19/h1-6,9,16-18,20-21H,7-8,10-15H2/t20-,21+/m1/s1. The van der Waals surface area contributed by atoms with Crippen molar-refractivity contribution < 1.29 is 14.3 Å². The van der Waals surface area contributed by atoms with Gasteiger partial charge in [-0.05, 0) is 62.1 Å². The topological polar surface area (TPSA) is 51.7 Å². The first kappa shape index (κ1) is 18.9. The largest absolute Gasteiger partial charge is 0.487 e. The van der Waals surface area contributed by atoms with Gasteiger partial charge in [0.05, 0.1) is 6.20 Å². The van der Waals surface area contributed by atoms with E-state index < -0.39 is 0 Å². The molecule has 2 fully saturated rings. The number of benzene rings is 1. The summed E-state index contributed by atoms with van der Waals surface area (Å²) >= 11 is 0. The number of nitrogens with zero attached hydrogens (tertiary/aromatic N) is 2. The van der Waals surface area contributed by atoms with E-state index in [1.807, 2.05) is 0 Å². The minimum absolute atomic E-state index is 0.412. The van der Waals surface area contributed by atoms with Crippen molar-refractivity contribution in [2.45, 2.75) is 31.6 Å². The Morgan fingerprint density at radius 2 is 1.93 bits per heavy atom. The van der Waals surface area contributed by atoms with Crippen molar-refractivity contribution in [2.24, 2.45) is 11.8 Å². The lowest BCUT2D eigenvalue weighted by atomic mass is 9.90. The van der Waals surface area contributed by atoms with E-state index in [2.05, 4.69) is 40.2 Å². The molecule has 2 heterocycles. The number of hydrogen-bond donors (Lipinski definition) is 0. The van der Waals surface area contributed by atoms with Crippen molar-refractivity contribution >= 4 is 6.47 Å². The van der Waals surface area contributed by atoms with E-state index in [1.165, 1.54) is 31.2 Å². The Hall–Kier alpha value is -2.40. The minimum Gasteiger partial charge on any atom is -0.487 e. The van der Waals surface area contributed by atoms with Crippen LogP contribution in [0, 0.1) is 11.8 Å². The molecule has 0 radical (unpaired) electrons. The van der Waals surface area contributed by atoms with Gasteiger partial charge in [-0.3, -0.25) is 14.7 Å². The van der Waals surface area contributed by atoms with Gasteiger partial charge in [0.15, 0.2) is 11.5 Å². The molecule has 1 aromatic heterocycles. The number of piperidine rings is 1. The van der Waals surface area contributed by atoms with Gasteiger partial charge in [0.1, 0.15) is 6.61 Å². The Labute approximate surface area is 166 Å². The van der Waals surface area contributed by atoms with Crippen LogP contribution in [0.4, 0.5) is 0 Å². The molecule has 1 aliphatic carbocycles. The van der Waals surface area contributed by atoms with E-state index >= 15 is 0 Å². The average Bonchev–Trinajstić information content (AvgIpc) is 3.51. The summed E-state index contributed by atoms with van der Waals surface area (Å²) in [4.78, 5) is 17.1. The second-order valence-corrected chi connectivity index (χ2v) is 7.92. The summed E-state index contributed by atoms with van der Waals surface area (Å²) in [6.07, 6.45) is 8.48. The molecule has 1 aliphatic heterocycles. The summed E-state index contributed by atoms with van der Waals surface area (Å²) in [6, 6.07) is 12.6. The van der Waals surface area contributed by atoms with Gasteiger partial charge in [-0.15, -0.1) is 0 Å². The normalized spacial score (nSPS) is 22.6. The van der Waals surface area contributed by atoms with Gasteiger partial charge in [0.2, 0.25) is 0 Å². The van der Waals surface area contributed by atoms with E-state index in [0.29, 0.717) is 24.6 Å². The lowest BCUT2D eigenvalue weighted by Crippen LogP contribution is -2.36. The Morgan fingerprint density at radius 3 is 2.71 bits per heavy atom. The first-order valence-electron chi connectivity index (χ1n) is 10.3. The lowest BCUT2D eigenvalue weighted by molar-refractivity contribution is -0.120. The van der Waals surface area contributed by atoms with Gasteiger partial charge in [0, 0.05) is 18.8 Å². The van der Waals surface area contributed by atoms with Gasteiger partial charge < -0.3 is 9.47 Å². The molecule has 0 bridgehead atoms. The van der Waals surface area contributed by atoms with Crippen molar-refractivity contribution in [1.82, 2.24) is 9.88 Å². The van der Waals surface area contributed by atoms with Crippen LogP contribution in [0.25, 0.3) is 0 Å². The highest BCUT2D eigenvalue weighted by Crippen LogP contribution is 2.51. The number of aromatic nitrogens is 1. The summed E-state index contributed by atoms with van der Waals surface area (Å²) in [6.45, 7) is 4.15. The molecule has 28 heavy (non-hydrogen) atoms. The van der Waals surface area contributed by atoms with Crippen LogP contribution in [0.5, 0.6) is 11.5 Å². The van der Waals surface area contributed by atoms with Crippen LogP contribution in [0.3, 0.4) is 0 Å². The SMILES string of the molecule is O=COc1ccncc1OCCN1CCC(C[C@@H]2C[C@H]2c2ccccc2)CC1. The molecule has 0 unspecified atom stereocenters. The van der Waals surface area contributed by atoms with Crippen molar-refractivity contribution in [3.8, 4) is 11.5 Å². The predicted molar refractivity (Wildman–Crippen MR) is 107 cm³/mol. The highest BCUT2D eigenvalue weighted by molar-refractivity contribution is 5.49. The summed E-state index contributed by atoms with van der Waals surface area (Å²) in [7, 11) is 0. The first-order chi connectivity index (χ1) is 13.8. The fourth-order valence-electron chi connectivity index (χ4n) is 4.40. The molecule has 2 aromatic rings. The molecule has 5 nitrogen and oxygen atoms in total. The molecule has 5 heteroatoms. The molecular weight excluding hydrogens is 352 g/mol. The molecule has 0 N–H and O–H groups in total. The second kappa shape index (κ2) is 9.20. The van der Waals surface area contributed by atoms with Gasteiger partial charge in [0.25, 0.3) is 6.47 Å². The predicted octanol–water partition coefficient (Wildman–Crippen LogP) is 3.90. The van der Waals surface area contributed by atoms with E-state index in [-0.39, 0.29) is 0 Å². The van der Waals surface area contributed by atoms with Crippen molar-refractivity contribution in [3.63, 3.8) is 0 Å². The lowest BCUT2D eigenvalue weighted by Gasteiger charge is -2.32. The molecule has 4 rings (SSSR count). The van der Waals surface area contributed by atoms with Crippen molar-refractivity contribution in [3.05, 3.63) is 54.4 Å². The monoisotopic (exact) mass is 380 g/mol. The molecule has 1 saturated carbocycles. The fourth-order valence-corrected chi connectivity index (χ4v) is 4.40. The number of pyridine rings is 1. The van der Waals surface area contributed by atoms with Gasteiger partial charge in [-0.2, -0.15) is 0 Å². The molecule has 2 atom stereocenters. The van der Waals surface area contributed by atoms with Crippen LogP contribution >= 0.6 is 0 Å². The third-order valence-electron chi connectivity index (χ3n) is 6.08. The Morgan fingerprint density at radius 1 is 1.11 bits per heavy atom. The van der Waals surface area contributed by atoms with Crippen LogP contribution in [0.1, 0.15) is 37.2 Å². The molecule has 1 saturated heterocycles. The number of ether oxygens (including phenoxy) is 2. The van der Waals surface area contributed by atoms with E-state index in [4.69, 9.17) is 9.47 Å². The summed E-state index contributed by atoms with van der Waals surface area (Å²) in [5.74, 6) is 3.49. The van der Waals surface area contributed by atoms with E-state index in [1.54, 1.807) is 18.5 Å². The third kappa shape index (κ3) is 4.90. The fraction of sp³-hybridized carbons (Fsp3) is 0.478. The van der Waals surface area contributed by atoms with Gasteiger partial charge in [-0.1, -0.05) is 30.3 Å². The number of carbonyl (C=O) groups excluding carboxylic acids is 1. The molecule has 2 aliphatic rings. The summed E-state index contributed by atoms with van der Waals surface area (Å²) in [5.41, 5.74) is 1.52. The second-order valence-electron chi connectivity index (χ2n) is 7.92. The molecule has 148 valence electrons. The maximum atomic E-state index is 10.6. The zero-order valence-corrected chi connectivity index (χ0v) is 16.2. The van der Waals surface area contributed by atoms with Crippen molar-refractivity contribution in [2.75, 3.05) is 26.2 Å². The number of hydrogen-bond acceptors (Lipinski definition) is 5. The zero-order valence-electron chi connectivity index (χ0n) is 16.2. The Balaban J connectivity index is 1.15. The smallest absolute Gasteiger partial charge is 0.298 e. The summed E-state index contributed by atoms with van der Waals surface area (Å²) in [5, 5.41) is 0. The maximum Gasteiger partial charge on any atom is 0.298 e. The first-order valence-corrected chi connectivity index (χ1v) is 10.3. The highest BCUT2D eigenvalue weighted by atomic mass is 16.5. The van der Waals surface area contributed by atoms with E-state index in [9.17, 15) is 4.79 Å². The Bertz CT molecular complexity index is 759. The molecule has 1 aromatic carbocycles. The summed E-state index contributed by atoms with van der Waals surface area (Å²) < 4.78 is 10.7. The average molecular weight is 380 g/mol. The zero-order chi connectivity index (χ0) is 19.2. The number of likely N-dealkylation sites (tertiary alicyclic amines) is 1. The van der Waals surface area contributed by atoms with Crippen LogP contribution in [0.2, 0.25) is 0 Å². The van der Waals surface area contributed by atoms with Gasteiger partial charge in [-0.25, -0.2) is 0 Å². The molecular formula is C23H28N2O3. The van der Waals surface area contributed by atoms with Crippen LogP contribution in [-0.2, 0) is 4.79 Å². The van der Waals surface area contributed by atoms with Gasteiger partial charge >= 0.3 is 0 Å². The van der Waals surface area contributed by atoms with Crippen LogP contribution < -0.4 is 9.47 Å². The number of rotatable bonds is 9. The van der Waals surface area contributed by atoms with Crippen molar-refractivity contribution in [1.29, 1.82) is 0 Å². The number of carbonyl (C=O) groups is 1. The van der Waals surface area contributed by atoms with Crippen LogP contribution in [0.15, 0.2) is 48.8 Å². The molecule has 0 spiro atoms. The maximum absolute atomic E-state index is 10.6. The van der Waals surface area contributed by atoms with Crippen LogP contribution in [-0.4, -0.2) is 42.6 Å².